The van der Waals surface area contributed by atoms with E-state index < -0.39 is 23.4 Å². The Kier molecular flexibility index (Phi) is 8.30. The summed E-state index contributed by atoms with van der Waals surface area (Å²) in [7, 11) is -5.35. The van der Waals surface area contributed by atoms with Crippen molar-refractivity contribution in [3.63, 3.8) is 0 Å². The lowest BCUT2D eigenvalue weighted by molar-refractivity contribution is 0.0862. The van der Waals surface area contributed by atoms with E-state index in [-0.39, 0.29) is 17.1 Å². The zero-order valence-electron chi connectivity index (χ0n) is 18.7. The Hall–Kier alpha value is -0.953. The van der Waals surface area contributed by atoms with Gasteiger partial charge in [0.25, 0.3) is 0 Å². The molecule has 0 bridgehead atoms. The Labute approximate surface area is 178 Å². The van der Waals surface area contributed by atoms with E-state index in [4.69, 9.17) is 9.16 Å². The molecule has 0 spiro atoms. The first-order valence-electron chi connectivity index (χ1n) is 10.6. The molecule has 1 aliphatic rings. The standard InChI is InChI=1S/C23H38O4SSi/c1-7-14-26-15-13-19-16-20(27-29(5,6)23(2,3)4)18-22(17-19)28(24,25)21-11-9-8-10-12-21/h7-12,19-20,22H,1,13-18H2,2-6H3/t19?,20-,22-/m1/s1. The van der Waals surface area contributed by atoms with Crippen molar-refractivity contribution >= 4 is 18.2 Å². The van der Waals surface area contributed by atoms with Crippen molar-refractivity contribution in [1.82, 2.24) is 0 Å². The van der Waals surface area contributed by atoms with E-state index in [2.05, 4.69) is 40.4 Å². The third-order valence-electron chi connectivity index (χ3n) is 6.40. The molecule has 6 heteroatoms. The van der Waals surface area contributed by atoms with Crippen molar-refractivity contribution in [2.75, 3.05) is 13.2 Å². The molecule has 0 aromatic heterocycles. The normalized spacial score (nSPS) is 23.7. The predicted octanol–water partition coefficient (Wildman–Crippen LogP) is 5.61. The van der Waals surface area contributed by atoms with Crippen molar-refractivity contribution in [1.29, 1.82) is 0 Å². The van der Waals surface area contributed by atoms with Crippen LogP contribution in [0.5, 0.6) is 0 Å². The molecule has 3 atom stereocenters. The van der Waals surface area contributed by atoms with Gasteiger partial charge in [0.1, 0.15) is 0 Å². The summed E-state index contributed by atoms with van der Waals surface area (Å²) >= 11 is 0. The first kappa shape index (κ1) is 24.3. The molecule has 0 N–H and O–H groups in total. The van der Waals surface area contributed by atoms with E-state index in [1.54, 1.807) is 30.3 Å². The van der Waals surface area contributed by atoms with Gasteiger partial charge in [-0.05, 0) is 61.9 Å². The molecule has 1 unspecified atom stereocenters. The molecule has 0 heterocycles. The Morgan fingerprint density at radius 3 is 2.38 bits per heavy atom. The molecule has 1 aromatic carbocycles. The van der Waals surface area contributed by atoms with Crippen LogP contribution in [-0.4, -0.2) is 41.3 Å². The van der Waals surface area contributed by atoms with Gasteiger partial charge in [-0.15, -0.1) is 6.58 Å². The van der Waals surface area contributed by atoms with Crippen molar-refractivity contribution in [2.24, 2.45) is 5.92 Å². The molecule has 0 aliphatic heterocycles. The fourth-order valence-electron chi connectivity index (χ4n) is 3.72. The highest BCUT2D eigenvalue weighted by Gasteiger charge is 2.43. The minimum Gasteiger partial charge on any atom is -0.414 e. The maximum Gasteiger partial charge on any atom is 0.192 e. The summed E-state index contributed by atoms with van der Waals surface area (Å²) in [4.78, 5) is 0.416. The molecule has 164 valence electrons. The second-order valence-corrected chi connectivity index (χ2v) is 16.7. The first-order valence-corrected chi connectivity index (χ1v) is 15.1. The topological polar surface area (TPSA) is 52.6 Å². The summed E-state index contributed by atoms with van der Waals surface area (Å²) < 4.78 is 38.9. The smallest absolute Gasteiger partial charge is 0.192 e. The van der Waals surface area contributed by atoms with Crippen molar-refractivity contribution < 1.29 is 17.6 Å². The molecular weight excluding hydrogens is 400 g/mol. The molecule has 1 saturated carbocycles. The van der Waals surface area contributed by atoms with Gasteiger partial charge in [0.2, 0.25) is 0 Å². The van der Waals surface area contributed by atoms with Crippen LogP contribution in [-0.2, 0) is 19.0 Å². The van der Waals surface area contributed by atoms with Crippen LogP contribution in [0.15, 0.2) is 47.9 Å². The lowest BCUT2D eigenvalue weighted by atomic mass is 9.85. The molecule has 2 rings (SSSR count). The van der Waals surface area contributed by atoms with E-state index >= 15 is 0 Å². The summed E-state index contributed by atoms with van der Waals surface area (Å²) in [5, 5.41) is -0.307. The van der Waals surface area contributed by atoms with Gasteiger partial charge in [-0.25, -0.2) is 8.42 Å². The van der Waals surface area contributed by atoms with Crippen LogP contribution in [0.4, 0.5) is 0 Å². The summed E-state index contributed by atoms with van der Waals surface area (Å²) in [5.74, 6) is 0.284. The van der Waals surface area contributed by atoms with Gasteiger partial charge in [0.15, 0.2) is 18.2 Å². The average molecular weight is 439 g/mol. The van der Waals surface area contributed by atoms with Crippen molar-refractivity contribution in [3.05, 3.63) is 43.0 Å². The van der Waals surface area contributed by atoms with Gasteiger partial charge < -0.3 is 9.16 Å². The Morgan fingerprint density at radius 2 is 1.79 bits per heavy atom. The van der Waals surface area contributed by atoms with Crippen LogP contribution in [0, 0.1) is 5.92 Å². The summed E-state index contributed by atoms with van der Waals surface area (Å²) in [6.07, 6.45) is 4.74. The number of rotatable bonds is 9. The maximum absolute atomic E-state index is 13.3. The number of sulfone groups is 1. The van der Waals surface area contributed by atoms with Crippen molar-refractivity contribution in [3.8, 4) is 0 Å². The maximum atomic E-state index is 13.3. The van der Waals surface area contributed by atoms with Crippen LogP contribution in [0.1, 0.15) is 46.5 Å². The van der Waals surface area contributed by atoms with Gasteiger partial charge in [0.05, 0.1) is 16.8 Å². The minimum absolute atomic E-state index is 0.0162. The third-order valence-corrected chi connectivity index (χ3v) is 13.1. The third kappa shape index (κ3) is 6.51. The number of hydrogen-bond acceptors (Lipinski definition) is 4. The number of ether oxygens (including phenoxy) is 1. The molecule has 0 amide bonds. The quantitative estimate of drug-likeness (QED) is 0.285. The van der Waals surface area contributed by atoms with Crippen LogP contribution in [0.2, 0.25) is 18.1 Å². The van der Waals surface area contributed by atoms with Crippen LogP contribution in [0.3, 0.4) is 0 Å². The Morgan fingerprint density at radius 1 is 1.14 bits per heavy atom. The van der Waals surface area contributed by atoms with E-state index in [9.17, 15) is 8.42 Å². The summed E-state index contributed by atoms with van der Waals surface area (Å²) in [6, 6.07) is 8.84. The lowest BCUT2D eigenvalue weighted by Gasteiger charge is -2.43. The second kappa shape index (κ2) is 9.90. The molecule has 0 saturated heterocycles. The zero-order valence-corrected chi connectivity index (χ0v) is 20.5. The molecule has 1 aromatic rings. The molecule has 1 fully saturated rings. The number of benzene rings is 1. The number of hydrogen-bond donors (Lipinski definition) is 0. The average Bonchev–Trinajstić information content (AvgIpc) is 2.64. The summed E-state index contributed by atoms with van der Waals surface area (Å²) in [6.45, 7) is 16.0. The van der Waals surface area contributed by atoms with E-state index in [1.165, 1.54) is 0 Å². The largest absolute Gasteiger partial charge is 0.414 e. The summed E-state index contributed by atoms with van der Waals surface area (Å²) in [5.41, 5.74) is 0. The molecule has 29 heavy (non-hydrogen) atoms. The lowest BCUT2D eigenvalue weighted by Crippen LogP contribution is -2.47. The van der Waals surface area contributed by atoms with Crippen LogP contribution in [0.25, 0.3) is 0 Å². The van der Waals surface area contributed by atoms with E-state index in [1.807, 2.05) is 6.07 Å². The first-order chi connectivity index (χ1) is 13.5. The van der Waals surface area contributed by atoms with Crippen LogP contribution >= 0.6 is 0 Å². The fourth-order valence-corrected chi connectivity index (χ4v) is 7.02. The Balaban J connectivity index is 2.20. The molecule has 0 radical (unpaired) electrons. The predicted molar refractivity (Wildman–Crippen MR) is 122 cm³/mol. The van der Waals surface area contributed by atoms with Gasteiger partial charge >= 0.3 is 0 Å². The highest BCUT2D eigenvalue weighted by molar-refractivity contribution is 7.92. The van der Waals surface area contributed by atoms with Gasteiger partial charge in [-0.2, -0.15) is 0 Å². The second-order valence-electron chi connectivity index (χ2n) is 9.71. The van der Waals surface area contributed by atoms with Crippen molar-refractivity contribution in [2.45, 2.75) is 80.8 Å². The highest BCUT2D eigenvalue weighted by atomic mass is 32.2. The monoisotopic (exact) mass is 438 g/mol. The van der Waals surface area contributed by atoms with Gasteiger partial charge in [-0.3, -0.25) is 0 Å². The SMILES string of the molecule is C=CCOCCC1C[C@@H](O[Si](C)(C)C(C)(C)C)C[C@H](S(=O)(=O)c2ccccc2)C1. The van der Waals surface area contributed by atoms with E-state index in [0.29, 0.717) is 31.0 Å². The van der Waals surface area contributed by atoms with Gasteiger partial charge in [0, 0.05) is 12.7 Å². The fraction of sp³-hybridized carbons (Fsp3) is 0.652. The Bertz CT molecular complexity index is 753. The van der Waals surface area contributed by atoms with Gasteiger partial charge in [-0.1, -0.05) is 45.0 Å². The molecule has 4 nitrogen and oxygen atoms in total. The molecule has 1 aliphatic carbocycles. The molecular formula is C23H38O4SSi. The highest BCUT2D eigenvalue weighted by Crippen LogP contribution is 2.41. The zero-order chi connectivity index (χ0) is 21.7. The van der Waals surface area contributed by atoms with Crippen LogP contribution < -0.4 is 0 Å². The van der Waals surface area contributed by atoms with E-state index in [0.717, 1.165) is 12.8 Å². The minimum atomic E-state index is -3.38.